The molecule has 1 fully saturated rings. The first-order chi connectivity index (χ1) is 6.96. The maximum absolute atomic E-state index is 5.70. The highest BCUT2D eigenvalue weighted by Gasteiger charge is 2.32. The van der Waals surface area contributed by atoms with Crippen LogP contribution in [-0.2, 0) is 11.3 Å². The number of hydrogen-bond donors (Lipinski definition) is 1. The Kier molecular flexibility index (Phi) is 2.77. The van der Waals surface area contributed by atoms with Crippen LogP contribution in [0.2, 0.25) is 0 Å². The SMILES string of the molecule is CC1(C)COC(Cn2cc(Br)c(N)n2)C1. The molecule has 4 nitrogen and oxygen atoms in total. The van der Waals surface area contributed by atoms with Crippen LogP contribution >= 0.6 is 15.9 Å². The van der Waals surface area contributed by atoms with E-state index in [1.54, 1.807) is 0 Å². The fourth-order valence-electron chi connectivity index (χ4n) is 1.91. The molecule has 1 aromatic heterocycles. The summed E-state index contributed by atoms with van der Waals surface area (Å²) in [6.07, 6.45) is 3.22. The van der Waals surface area contributed by atoms with Crippen molar-refractivity contribution in [2.75, 3.05) is 12.3 Å². The number of aromatic nitrogens is 2. The van der Waals surface area contributed by atoms with E-state index >= 15 is 0 Å². The van der Waals surface area contributed by atoms with Gasteiger partial charge in [-0.2, -0.15) is 5.10 Å². The van der Waals surface area contributed by atoms with Gasteiger partial charge in [-0.25, -0.2) is 0 Å². The molecule has 2 rings (SSSR count). The Morgan fingerprint density at radius 2 is 2.47 bits per heavy atom. The zero-order chi connectivity index (χ0) is 11.1. The molecule has 1 aliphatic rings. The molecule has 0 bridgehead atoms. The molecular weight excluding hydrogens is 258 g/mol. The molecule has 2 heterocycles. The van der Waals surface area contributed by atoms with Crippen molar-refractivity contribution < 1.29 is 4.74 Å². The van der Waals surface area contributed by atoms with E-state index in [1.807, 2.05) is 10.9 Å². The van der Waals surface area contributed by atoms with Gasteiger partial charge < -0.3 is 10.5 Å². The highest BCUT2D eigenvalue weighted by Crippen LogP contribution is 2.32. The summed E-state index contributed by atoms with van der Waals surface area (Å²) in [4.78, 5) is 0. The van der Waals surface area contributed by atoms with E-state index in [9.17, 15) is 0 Å². The fourth-order valence-corrected chi connectivity index (χ4v) is 2.22. The molecule has 0 aromatic carbocycles. The summed E-state index contributed by atoms with van der Waals surface area (Å²) in [5.41, 5.74) is 5.94. The second kappa shape index (κ2) is 3.79. The molecule has 1 atom stereocenters. The van der Waals surface area contributed by atoms with Gasteiger partial charge in [-0.1, -0.05) is 13.8 Å². The van der Waals surface area contributed by atoms with E-state index in [1.165, 1.54) is 0 Å². The standard InChI is InChI=1S/C10H16BrN3O/c1-10(2)3-7(15-6-10)4-14-5-8(11)9(12)13-14/h5,7H,3-4,6H2,1-2H3,(H2,12,13). The number of hydrogen-bond acceptors (Lipinski definition) is 3. The summed E-state index contributed by atoms with van der Waals surface area (Å²) in [7, 11) is 0. The number of nitrogens with two attached hydrogens (primary N) is 1. The normalized spacial score (nSPS) is 24.6. The first-order valence-electron chi connectivity index (χ1n) is 5.06. The number of ether oxygens (including phenoxy) is 1. The van der Waals surface area contributed by atoms with Gasteiger partial charge in [0.05, 0.1) is 23.7 Å². The van der Waals surface area contributed by atoms with Crippen molar-refractivity contribution in [2.24, 2.45) is 5.41 Å². The van der Waals surface area contributed by atoms with Crippen LogP contribution in [0.15, 0.2) is 10.7 Å². The number of nitrogens with zero attached hydrogens (tertiary/aromatic N) is 2. The zero-order valence-corrected chi connectivity index (χ0v) is 10.6. The molecule has 5 heteroatoms. The summed E-state index contributed by atoms with van der Waals surface area (Å²) >= 11 is 3.34. The van der Waals surface area contributed by atoms with Crippen molar-refractivity contribution in [3.63, 3.8) is 0 Å². The molecule has 1 saturated heterocycles. The van der Waals surface area contributed by atoms with Crippen LogP contribution in [-0.4, -0.2) is 22.5 Å². The van der Waals surface area contributed by atoms with Crippen LogP contribution in [0.4, 0.5) is 5.82 Å². The molecule has 0 radical (unpaired) electrons. The minimum absolute atomic E-state index is 0.256. The predicted octanol–water partition coefficient (Wildman–Crippen LogP) is 2.04. The van der Waals surface area contributed by atoms with E-state index in [4.69, 9.17) is 10.5 Å². The topological polar surface area (TPSA) is 53.1 Å². The third-order valence-electron chi connectivity index (χ3n) is 2.62. The minimum Gasteiger partial charge on any atom is -0.381 e. The molecule has 1 aliphatic heterocycles. The third-order valence-corrected chi connectivity index (χ3v) is 3.23. The molecule has 0 saturated carbocycles. The van der Waals surface area contributed by atoms with Gasteiger partial charge in [0.25, 0.3) is 0 Å². The van der Waals surface area contributed by atoms with Crippen LogP contribution in [0.25, 0.3) is 0 Å². The second-order valence-corrected chi connectivity index (χ2v) is 5.74. The van der Waals surface area contributed by atoms with Gasteiger partial charge in [0.1, 0.15) is 0 Å². The van der Waals surface area contributed by atoms with Crippen LogP contribution < -0.4 is 5.73 Å². The van der Waals surface area contributed by atoms with Crippen LogP contribution in [0.1, 0.15) is 20.3 Å². The van der Waals surface area contributed by atoms with Gasteiger partial charge in [0, 0.05) is 6.20 Å². The molecule has 2 N–H and O–H groups in total. The molecular formula is C10H16BrN3O. The molecule has 15 heavy (non-hydrogen) atoms. The van der Waals surface area contributed by atoms with Crippen molar-refractivity contribution in [2.45, 2.75) is 32.9 Å². The van der Waals surface area contributed by atoms with Gasteiger partial charge in [0.15, 0.2) is 5.82 Å². The largest absolute Gasteiger partial charge is 0.381 e. The monoisotopic (exact) mass is 273 g/mol. The Morgan fingerprint density at radius 1 is 1.73 bits per heavy atom. The number of rotatable bonds is 2. The van der Waals surface area contributed by atoms with Crippen LogP contribution in [0.5, 0.6) is 0 Å². The van der Waals surface area contributed by atoms with Gasteiger partial charge in [-0.15, -0.1) is 0 Å². The molecule has 0 amide bonds. The number of nitrogen functional groups attached to an aromatic ring is 1. The van der Waals surface area contributed by atoms with Gasteiger partial charge in [-0.05, 0) is 27.8 Å². The average molecular weight is 274 g/mol. The summed E-state index contributed by atoms with van der Waals surface area (Å²) in [5.74, 6) is 0.534. The molecule has 1 aromatic rings. The van der Waals surface area contributed by atoms with E-state index in [2.05, 4.69) is 34.9 Å². The van der Waals surface area contributed by atoms with Crippen molar-refractivity contribution >= 4 is 21.7 Å². The second-order valence-electron chi connectivity index (χ2n) is 4.89. The fraction of sp³-hybridized carbons (Fsp3) is 0.700. The Balaban J connectivity index is 1.98. The van der Waals surface area contributed by atoms with Crippen molar-refractivity contribution in [1.82, 2.24) is 9.78 Å². The lowest BCUT2D eigenvalue weighted by atomic mass is 9.91. The lowest BCUT2D eigenvalue weighted by Crippen LogP contribution is -2.16. The Morgan fingerprint density at radius 3 is 2.93 bits per heavy atom. The smallest absolute Gasteiger partial charge is 0.159 e. The maximum Gasteiger partial charge on any atom is 0.159 e. The summed E-state index contributed by atoms with van der Waals surface area (Å²) in [6, 6.07) is 0. The van der Waals surface area contributed by atoms with Gasteiger partial charge in [-0.3, -0.25) is 4.68 Å². The van der Waals surface area contributed by atoms with Crippen molar-refractivity contribution in [1.29, 1.82) is 0 Å². The van der Waals surface area contributed by atoms with E-state index in [0.29, 0.717) is 11.2 Å². The minimum atomic E-state index is 0.256. The van der Waals surface area contributed by atoms with Crippen molar-refractivity contribution in [3.8, 4) is 0 Å². The third kappa shape index (κ3) is 2.52. The molecule has 0 aliphatic carbocycles. The summed E-state index contributed by atoms with van der Waals surface area (Å²) < 4.78 is 8.39. The van der Waals surface area contributed by atoms with Crippen molar-refractivity contribution in [3.05, 3.63) is 10.7 Å². The first kappa shape index (κ1) is 11.0. The highest BCUT2D eigenvalue weighted by atomic mass is 79.9. The number of anilines is 1. The van der Waals surface area contributed by atoms with E-state index in [0.717, 1.165) is 24.0 Å². The van der Waals surface area contributed by atoms with Gasteiger partial charge in [0.2, 0.25) is 0 Å². The molecule has 84 valence electrons. The lowest BCUT2D eigenvalue weighted by Gasteiger charge is -2.13. The predicted molar refractivity (Wildman–Crippen MR) is 62.5 cm³/mol. The zero-order valence-electron chi connectivity index (χ0n) is 9.03. The average Bonchev–Trinajstić information content (AvgIpc) is 2.58. The van der Waals surface area contributed by atoms with E-state index < -0.39 is 0 Å². The first-order valence-corrected chi connectivity index (χ1v) is 5.86. The van der Waals surface area contributed by atoms with Crippen LogP contribution in [0, 0.1) is 5.41 Å². The molecule has 0 spiro atoms. The van der Waals surface area contributed by atoms with E-state index in [-0.39, 0.29) is 6.10 Å². The van der Waals surface area contributed by atoms with Crippen LogP contribution in [0.3, 0.4) is 0 Å². The Labute approximate surface area is 97.9 Å². The Bertz CT molecular complexity index is 342. The summed E-state index contributed by atoms with van der Waals surface area (Å²) in [5, 5.41) is 4.19. The number of halogens is 1. The summed E-state index contributed by atoms with van der Waals surface area (Å²) in [6.45, 7) is 6.05. The molecule has 1 unspecified atom stereocenters. The quantitative estimate of drug-likeness (QED) is 0.897. The maximum atomic E-state index is 5.70. The van der Waals surface area contributed by atoms with Gasteiger partial charge >= 0.3 is 0 Å². The highest BCUT2D eigenvalue weighted by molar-refractivity contribution is 9.10. The lowest BCUT2D eigenvalue weighted by molar-refractivity contribution is 0.0853. The Hall–Kier alpha value is -0.550.